The van der Waals surface area contributed by atoms with Gasteiger partial charge in [-0.15, -0.1) is 0 Å². The molecule has 1 aliphatic carbocycles. The molecule has 0 saturated carbocycles. The van der Waals surface area contributed by atoms with Gasteiger partial charge < -0.3 is 71.5 Å². The van der Waals surface area contributed by atoms with E-state index >= 15 is 0 Å². The van der Waals surface area contributed by atoms with Gasteiger partial charge in [0.25, 0.3) is 0 Å². The van der Waals surface area contributed by atoms with E-state index in [4.69, 9.17) is 24.7 Å². The topological polar surface area (TPSA) is 319 Å². The Labute approximate surface area is 515 Å². The summed E-state index contributed by atoms with van der Waals surface area (Å²) < 4.78 is 23.1. The Morgan fingerprint density at radius 1 is 0.793 bits per heavy atom. The molecule has 1 heterocycles. The van der Waals surface area contributed by atoms with Gasteiger partial charge in [0.1, 0.15) is 36.4 Å². The zero-order valence-electron chi connectivity index (χ0n) is 54.6. The minimum Gasteiger partial charge on any atom is -0.445 e. The number of urea groups is 1. The number of hydrogen-bond donors (Lipinski definition) is 8. The van der Waals surface area contributed by atoms with Crippen molar-refractivity contribution in [1.82, 2.24) is 46.6 Å². The monoisotopic (exact) mass is 1220 g/mol. The van der Waals surface area contributed by atoms with Crippen LogP contribution in [0.3, 0.4) is 0 Å². The fourth-order valence-corrected chi connectivity index (χ4v) is 11.1. The second-order valence-electron chi connectivity index (χ2n) is 25.2. The molecular formula is C63H104N10O14. The maximum absolute atomic E-state index is 14.8. The molecule has 10 amide bonds. The lowest BCUT2D eigenvalue weighted by atomic mass is 9.89. The quantitative estimate of drug-likeness (QED) is 0.0429. The first-order valence-electron chi connectivity index (χ1n) is 30.6. The Bertz CT molecular complexity index is 2500. The average Bonchev–Trinajstić information content (AvgIpc) is 2.33. The number of likely N-dealkylation sites (tertiary alicyclic amines) is 1. The molecule has 1 unspecified atom stereocenters. The van der Waals surface area contributed by atoms with Crippen LogP contribution in [0.25, 0.3) is 0 Å². The third kappa shape index (κ3) is 22.7. The van der Waals surface area contributed by atoms with Gasteiger partial charge in [-0.1, -0.05) is 117 Å². The summed E-state index contributed by atoms with van der Waals surface area (Å²) in [6, 6.07) is 1.99. The Morgan fingerprint density at radius 2 is 1.44 bits per heavy atom. The maximum Gasteiger partial charge on any atom is 0.410 e. The molecule has 13 atom stereocenters. The lowest BCUT2D eigenvalue weighted by Gasteiger charge is -2.41. The van der Waals surface area contributed by atoms with Gasteiger partial charge in [-0.3, -0.25) is 33.7 Å². The number of amides is 10. The lowest BCUT2D eigenvalue weighted by molar-refractivity contribution is -0.148. The molecular weight excluding hydrogens is 1120 g/mol. The highest BCUT2D eigenvalue weighted by atomic mass is 16.6. The van der Waals surface area contributed by atoms with E-state index in [1.54, 1.807) is 110 Å². The predicted octanol–water partition coefficient (Wildman–Crippen LogP) is 5.23. The molecule has 1 saturated heterocycles. The van der Waals surface area contributed by atoms with Crippen molar-refractivity contribution in [1.29, 1.82) is 0 Å². The third-order valence-corrected chi connectivity index (χ3v) is 16.2. The van der Waals surface area contributed by atoms with Gasteiger partial charge in [0.15, 0.2) is 0 Å². The van der Waals surface area contributed by atoms with Crippen LogP contribution in [0.15, 0.2) is 54.1 Å². The number of rotatable bonds is 32. The van der Waals surface area contributed by atoms with Crippen molar-refractivity contribution >= 4 is 53.7 Å². The number of alkyl carbamates (subject to hydrolysis) is 1. The number of carbonyl (C=O) groups is 9. The van der Waals surface area contributed by atoms with E-state index in [-0.39, 0.29) is 56.1 Å². The summed E-state index contributed by atoms with van der Waals surface area (Å²) in [4.78, 5) is 127. The van der Waals surface area contributed by atoms with Gasteiger partial charge in [-0.05, 0) is 94.6 Å². The normalized spacial score (nSPS) is 18.9. The van der Waals surface area contributed by atoms with Crippen LogP contribution in [-0.4, -0.2) is 188 Å². The first kappa shape index (κ1) is 74.5. The number of carbonyl (C=O) groups excluding carboxylic acids is 9. The number of benzene rings is 1. The van der Waals surface area contributed by atoms with Gasteiger partial charge in [-0.25, -0.2) is 14.4 Å². The van der Waals surface area contributed by atoms with Crippen LogP contribution in [0.1, 0.15) is 147 Å². The summed E-state index contributed by atoms with van der Waals surface area (Å²) in [6.45, 7) is 23.6. The molecule has 1 aromatic carbocycles. The lowest BCUT2D eigenvalue weighted by Crippen LogP contribution is -2.60. The number of aliphatic hydroxyl groups excluding tert-OH is 1. The minimum absolute atomic E-state index is 0.0820. The molecule has 3 rings (SSSR count). The van der Waals surface area contributed by atoms with Crippen LogP contribution in [0.4, 0.5) is 14.4 Å². The van der Waals surface area contributed by atoms with Crippen LogP contribution in [0.2, 0.25) is 0 Å². The summed E-state index contributed by atoms with van der Waals surface area (Å²) in [5.74, 6) is -4.69. The third-order valence-electron chi connectivity index (χ3n) is 16.2. The van der Waals surface area contributed by atoms with Crippen molar-refractivity contribution in [2.75, 3.05) is 48.0 Å². The molecule has 0 radical (unpaired) electrons. The first-order chi connectivity index (χ1) is 40.8. The van der Waals surface area contributed by atoms with Crippen LogP contribution in [0, 0.1) is 29.6 Å². The fourth-order valence-electron chi connectivity index (χ4n) is 11.1. The largest absolute Gasteiger partial charge is 0.445 e. The fraction of sp³-hybridized carbons (Fsp3) is 0.698. The molecule has 0 spiro atoms. The van der Waals surface area contributed by atoms with Crippen molar-refractivity contribution in [3.05, 3.63) is 59.7 Å². The van der Waals surface area contributed by atoms with Crippen molar-refractivity contribution in [2.45, 2.75) is 207 Å². The van der Waals surface area contributed by atoms with Gasteiger partial charge >= 0.3 is 18.2 Å². The number of ether oxygens (including phenoxy) is 4. The molecule has 9 N–H and O–H groups in total. The number of nitrogens with one attached hydrogen (secondary N) is 6. The Hall–Kier alpha value is -6.79. The Kier molecular flexibility index (Phi) is 30.2. The second kappa shape index (κ2) is 35.3. The SMILES string of the molecule is CC[C@H](C)[C@@H]([C@@H](CC(=O)N1CCC[C@H]1[C@H](OC)[C@@H](C)C(=O)N[C@H](C)[C@@H](O)c1ccccc1)OC)N(C)C(=O)[C@@H](NC(=O)[C@H](C(C)C)N(C)C(=O)OCC1=CCC(NC(=O)[C@H](CCCNC(N)=O)NC(=O)[C@@H](NC(=O)OC(C)(C)C)C(C)C)C=C1)C(C)C. The molecule has 0 aromatic heterocycles. The number of likely N-dealkylation sites (N-methyl/N-ethyl adjacent to an activating group) is 2. The zero-order valence-corrected chi connectivity index (χ0v) is 54.6. The van der Waals surface area contributed by atoms with Gasteiger partial charge in [0, 0.05) is 41.4 Å². The smallest absolute Gasteiger partial charge is 0.410 e. The van der Waals surface area contributed by atoms with E-state index in [1.807, 2.05) is 45.9 Å². The molecule has 24 heteroatoms. The van der Waals surface area contributed by atoms with Crippen molar-refractivity contribution in [3.63, 3.8) is 0 Å². The van der Waals surface area contributed by atoms with Gasteiger partial charge in [0.05, 0.1) is 54.8 Å². The highest BCUT2D eigenvalue weighted by molar-refractivity contribution is 5.93. The number of hydrogen-bond acceptors (Lipinski definition) is 14. The molecule has 87 heavy (non-hydrogen) atoms. The average molecular weight is 1230 g/mol. The highest BCUT2D eigenvalue weighted by Crippen LogP contribution is 2.30. The number of primary amides is 1. The number of aliphatic hydroxyl groups is 1. The maximum atomic E-state index is 14.8. The Morgan fingerprint density at radius 3 is 1.98 bits per heavy atom. The molecule has 490 valence electrons. The van der Waals surface area contributed by atoms with E-state index in [1.165, 1.54) is 26.2 Å². The number of nitrogens with two attached hydrogens (primary N) is 1. The molecule has 0 bridgehead atoms. The zero-order chi connectivity index (χ0) is 65.6. The van der Waals surface area contributed by atoms with Crippen LogP contribution in [-0.2, 0) is 47.7 Å². The van der Waals surface area contributed by atoms with E-state index < -0.39 is 132 Å². The summed E-state index contributed by atoms with van der Waals surface area (Å²) in [7, 11) is 6.12. The highest BCUT2D eigenvalue weighted by Gasteiger charge is 2.44. The van der Waals surface area contributed by atoms with E-state index in [0.29, 0.717) is 43.4 Å². The van der Waals surface area contributed by atoms with Crippen LogP contribution >= 0.6 is 0 Å². The summed E-state index contributed by atoms with van der Waals surface area (Å²) >= 11 is 0. The minimum atomic E-state index is -1.06. The molecule has 24 nitrogen and oxygen atoms in total. The molecule has 2 aliphatic rings. The van der Waals surface area contributed by atoms with Crippen molar-refractivity contribution in [2.24, 2.45) is 35.3 Å². The number of methoxy groups -OCH3 is 2. The van der Waals surface area contributed by atoms with E-state index in [0.717, 1.165) is 0 Å². The van der Waals surface area contributed by atoms with Crippen LogP contribution < -0.4 is 37.6 Å². The molecule has 1 aliphatic heterocycles. The van der Waals surface area contributed by atoms with E-state index in [9.17, 15) is 48.3 Å². The Balaban J connectivity index is 1.69. The standard InChI is InChI=1S/C63H104N10O14/c1-18-39(8)52(47(84-16)34-48(74)73-33-23-27-46(73)54(85-17)40(9)55(76)66-41(10)53(75)43-24-20-19-21-25-43)71(14)59(80)50(37(4)5)69-58(79)51(38(6)7)72(15)62(83)86-35-42-28-30-44(31-29-42)67-56(77)45(26-22-32-65-60(64)81)68-57(78)49(36(2)3)70-61(82)87-63(11,12)13/h19-21,24-25,28-30,36-41,44-47,49-54,75H,18,22-23,26-27,31-35H2,1-17H3,(H,66,76)(H,67,77)(H,68,78)(H,69,79)(H,70,82)(H3,64,65,81)/t39-,40+,41+,44?,45-,46-,47+,49-,50-,51-,52-,53+,54+/m0/s1. The van der Waals surface area contributed by atoms with Crippen molar-refractivity contribution < 1.29 is 67.2 Å². The number of nitrogens with zero attached hydrogens (tertiary/aromatic N) is 3. The molecule has 1 aromatic rings. The van der Waals surface area contributed by atoms with Crippen LogP contribution in [0.5, 0.6) is 0 Å². The predicted molar refractivity (Wildman–Crippen MR) is 330 cm³/mol. The summed E-state index contributed by atoms with van der Waals surface area (Å²) in [5.41, 5.74) is 5.70. The van der Waals surface area contributed by atoms with E-state index in [2.05, 4.69) is 31.9 Å². The van der Waals surface area contributed by atoms with Gasteiger partial charge in [-0.2, -0.15) is 0 Å². The first-order valence-corrected chi connectivity index (χ1v) is 30.6. The second-order valence-corrected chi connectivity index (χ2v) is 25.2. The summed E-state index contributed by atoms with van der Waals surface area (Å²) in [6.07, 6.45) is 3.80. The van der Waals surface area contributed by atoms with Crippen molar-refractivity contribution in [3.8, 4) is 0 Å². The van der Waals surface area contributed by atoms with Gasteiger partial charge in [0.2, 0.25) is 35.4 Å². The molecule has 1 fully saturated rings. The summed E-state index contributed by atoms with van der Waals surface area (Å²) in [5, 5.41) is 27.6.